The predicted molar refractivity (Wildman–Crippen MR) is 49.4 cm³/mol. The summed E-state index contributed by atoms with van der Waals surface area (Å²) >= 11 is 0. The van der Waals surface area contributed by atoms with Gasteiger partial charge in [0.05, 0.1) is 11.5 Å². The summed E-state index contributed by atoms with van der Waals surface area (Å²) in [7, 11) is -2.68. The quantitative estimate of drug-likeness (QED) is 0.663. The maximum atomic E-state index is 10.9. The van der Waals surface area contributed by atoms with Gasteiger partial charge in [-0.15, -0.1) is 0 Å². The molecule has 0 aromatic heterocycles. The first kappa shape index (κ1) is 9.43. The van der Waals surface area contributed by atoms with Gasteiger partial charge < -0.3 is 10.1 Å². The molecule has 0 unspecified atom stereocenters. The monoisotopic (exact) mass is 205 g/mol. The molecule has 0 saturated carbocycles. The van der Waals surface area contributed by atoms with Gasteiger partial charge in [-0.25, -0.2) is 8.42 Å². The molecule has 13 heavy (non-hydrogen) atoms. The number of sulfone groups is 1. The summed E-state index contributed by atoms with van der Waals surface area (Å²) < 4.78 is 27.0. The highest BCUT2D eigenvalue weighted by Crippen LogP contribution is 2.14. The summed E-state index contributed by atoms with van der Waals surface area (Å²) in [5.41, 5.74) is 0. The maximum Gasteiger partial charge on any atom is 0.153 e. The Labute approximate surface area is 78.6 Å². The van der Waals surface area contributed by atoms with E-state index in [1.165, 1.54) is 0 Å². The highest BCUT2D eigenvalue weighted by molar-refractivity contribution is 7.92. The van der Waals surface area contributed by atoms with E-state index in [1.54, 1.807) is 0 Å². The first-order chi connectivity index (χ1) is 6.16. The fourth-order valence-corrected chi connectivity index (χ4v) is 3.18. The molecule has 0 aromatic carbocycles. The molecule has 2 rings (SSSR count). The van der Waals surface area contributed by atoms with Crippen LogP contribution in [0.2, 0.25) is 0 Å². The lowest BCUT2D eigenvalue weighted by Crippen LogP contribution is -2.55. The van der Waals surface area contributed by atoms with E-state index in [1.807, 2.05) is 0 Å². The first-order valence-electron chi connectivity index (χ1n) is 4.70. The van der Waals surface area contributed by atoms with E-state index in [0.29, 0.717) is 17.5 Å². The Morgan fingerprint density at radius 2 is 1.69 bits per heavy atom. The highest BCUT2D eigenvalue weighted by Gasteiger charge is 2.34. The van der Waals surface area contributed by atoms with Crippen LogP contribution in [0.4, 0.5) is 0 Å². The van der Waals surface area contributed by atoms with Gasteiger partial charge in [0, 0.05) is 25.3 Å². The minimum atomic E-state index is -2.68. The van der Waals surface area contributed by atoms with Crippen LogP contribution < -0.4 is 5.32 Å². The molecule has 0 radical (unpaired) electrons. The van der Waals surface area contributed by atoms with Gasteiger partial charge >= 0.3 is 0 Å². The number of rotatable bonds is 2. The van der Waals surface area contributed by atoms with Crippen LogP contribution in [0.3, 0.4) is 0 Å². The fourth-order valence-electron chi connectivity index (χ4n) is 1.86. The summed E-state index contributed by atoms with van der Waals surface area (Å²) in [4.78, 5) is 0. The molecular weight excluding hydrogens is 190 g/mol. The van der Waals surface area contributed by atoms with E-state index < -0.39 is 9.84 Å². The second-order valence-electron chi connectivity index (χ2n) is 3.83. The summed E-state index contributed by atoms with van der Waals surface area (Å²) in [6.45, 7) is 1.61. The van der Waals surface area contributed by atoms with E-state index in [9.17, 15) is 8.42 Å². The summed E-state index contributed by atoms with van der Waals surface area (Å²) in [6, 6.07) is 0.669. The van der Waals surface area contributed by atoms with E-state index in [-0.39, 0.29) is 6.04 Å². The van der Waals surface area contributed by atoms with Gasteiger partial charge in [-0.2, -0.15) is 0 Å². The first-order valence-corrected chi connectivity index (χ1v) is 6.52. The fraction of sp³-hybridized carbons (Fsp3) is 1.00. The molecule has 0 atom stereocenters. The maximum absolute atomic E-state index is 10.9. The molecule has 0 bridgehead atoms. The number of hydrogen-bond acceptors (Lipinski definition) is 4. The van der Waals surface area contributed by atoms with Crippen molar-refractivity contribution in [1.82, 2.24) is 5.32 Å². The van der Waals surface area contributed by atoms with Crippen LogP contribution in [0.25, 0.3) is 0 Å². The molecular formula is C8H15NO3S. The number of ether oxygens (including phenoxy) is 1. The van der Waals surface area contributed by atoms with Gasteiger partial charge in [-0.1, -0.05) is 0 Å². The average Bonchev–Trinajstić information content (AvgIpc) is 2.03. The van der Waals surface area contributed by atoms with Crippen LogP contribution in [0.15, 0.2) is 0 Å². The largest absolute Gasteiger partial charge is 0.381 e. The predicted octanol–water partition coefficient (Wildman–Crippen LogP) is -0.448. The molecule has 0 aromatic rings. The lowest BCUT2D eigenvalue weighted by Gasteiger charge is -2.33. The third-order valence-electron chi connectivity index (χ3n) is 2.60. The minimum Gasteiger partial charge on any atom is -0.381 e. The van der Waals surface area contributed by atoms with E-state index in [2.05, 4.69) is 5.32 Å². The van der Waals surface area contributed by atoms with Gasteiger partial charge in [0.25, 0.3) is 0 Å². The molecule has 2 fully saturated rings. The molecule has 0 amide bonds. The van der Waals surface area contributed by atoms with Crippen molar-refractivity contribution in [3.05, 3.63) is 0 Å². The lowest BCUT2D eigenvalue weighted by atomic mass is 10.1. The van der Waals surface area contributed by atoms with Crippen LogP contribution in [-0.2, 0) is 14.6 Å². The number of hydrogen-bond donors (Lipinski definition) is 1. The molecule has 1 N–H and O–H groups in total. The number of nitrogens with one attached hydrogen (secondary N) is 1. The Hall–Kier alpha value is -0.130. The van der Waals surface area contributed by atoms with E-state index in [4.69, 9.17) is 4.74 Å². The molecule has 2 saturated heterocycles. The van der Waals surface area contributed by atoms with Crippen molar-refractivity contribution in [2.75, 3.05) is 24.7 Å². The van der Waals surface area contributed by atoms with Crippen molar-refractivity contribution in [2.24, 2.45) is 0 Å². The molecule has 2 heterocycles. The highest BCUT2D eigenvalue weighted by atomic mass is 32.2. The van der Waals surface area contributed by atoms with E-state index in [0.717, 1.165) is 26.1 Å². The Kier molecular flexibility index (Phi) is 2.58. The third kappa shape index (κ3) is 2.42. The molecule has 2 aliphatic heterocycles. The average molecular weight is 205 g/mol. The lowest BCUT2D eigenvalue weighted by molar-refractivity contribution is 0.0758. The van der Waals surface area contributed by atoms with Gasteiger partial charge in [0.1, 0.15) is 0 Å². The second kappa shape index (κ2) is 3.55. The van der Waals surface area contributed by atoms with Gasteiger partial charge in [-0.3, -0.25) is 0 Å². The Morgan fingerprint density at radius 3 is 2.23 bits per heavy atom. The molecule has 4 nitrogen and oxygen atoms in total. The summed E-state index contributed by atoms with van der Waals surface area (Å²) in [5.74, 6) is 0.648. The molecule has 0 spiro atoms. The molecule has 2 aliphatic rings. The van der Waals surface area contributed by atoms with Crippen LogP contribution in [0.1, 0.15) is 12.8 Å². The smallest absolute Gasteiger partial charge is 0.153 e. The third-order valence-corrected chi connectivity index (χ3v) is 4.42. The zero-order valence-electron chi connectivity index (χ0n) is 7.53. The molecule has 0 aliphatic carbocycles. The van der Waals surface area contributed by atoms with Crippen molar-refractivity contribution >= 4 is 9.84 Å². The van der Waals surface area contributed by atoms with Crippen LogP contribution >= 0.6 is 0 Å². The topological polar surface area (TPSA) is 55.4 Å². The van der Waals surface area contributed by atoms with Crippen LogP contribution in [0.5, 0.6) is 0 Å². The van der Waals surface area contributed by atoms with Gasteiger partial charge in [0.15, 0.2) is 9.84 Å². The zero-order valence-corrected chi connectivity index (χ0v) is 8.35. The molecule has 5 heteroatoms. The Bertz CT molecular complexity index is 257. The zero-order chi connectivity index (χ0) is 9.31. The Balaban J connectivity index is 1.73. The standard InChI is InChI=1S/C8H15NO3S/c10-13(11)5-8(6-13)9-7-1-3-12-4-2-7/h7-9H,1-6H2. The van der Waals surface area contributed by atoms with E-state index >= 15 is 0 Å². The molecule has 76 valence electrons. The van der Waals surface area contributed by atoms with Crippen LogP contribution in [-0.4, -0.2) is 45.2 Å². The van der Waals surface area contributed by atoms with Crippen LogP contribution in [0, 0.1) is 0 Å². The minimum absolute atomic E-state index is 0.202. The van der Waals surface area contributed by atoms with Crippen molar-refractivity contribution in [2.45, 2.75) is 24.9 Å². The van der Waals surface area contributed by atoms with Gasteiger partial charge in [0.2, 0.25) is 0 Å². The SMILES string of the molecule is O=S1(=O)CC(NC2CCOCC2)C1. The van der Waals surface area contributed by atoms with Gasteiger partial charge in [-0.05, 0) is 12.8 Å². The van der Waals surface area contributed by atoms with Crippen molar-refractivity contribution < 1.29 is 13.2 Å². The Morgan fingerprint density at radius 1 is 1.08 bits per heavy atom. The normalized spacial score (nSPS) is 29.8. The van der Waals surface area contributed by atoms with Crippen molar-refractivity contribution in [3.8, 4) is 0 Å². The summed E-state index contributed by atoms with van der Waals surface area (Å²) in [6.07, 6.45) is 2.02. The summed E-state index contributed by atoms with van der Waals surface area (Å²) in [5, 5.41) is 3.35. The second-order valence-corrected chi connectivity index (χ2v) is 5.98. The van der Waals surface area contributed by atoms with Crippen molar-refractivity contribution in [3.63, 3.8) is 0 Å². The van der Waals surface area contributed by atoms with Crippen molar-refractivity contribution in [1.29, 1.82) is 0 Å².